The van der Waals surface area contributed by atoms with Crippen molar-refractivity contribution in [3.63, 3.8) is 0 Å². The van der Waals surface area contributed by atoms with Crippen molar-refractivity contribution < 1.29 is 24.5 Å². The molecule has 0 amide bonds. The van der Waals surface area contributed by atoms with E-state index in [1.54, 1.807) is 0 Å². The summed E-state index contributed by atoms with van der Waals surface area (Å²) in [4.78, 5) is 19.1. The molecule has 0 spiro atoms. The maximum atomic E-state index is 10.00. The Morgan fingerprint density at radius 3 is 2.07 bits per heavy atom. The van der Waals surface area contributed by atoms with E-state index in [1.807, 2.05) is 0 Å². The second-order valence-corrected chi connectivity index (χ2v) is 2.57. The zero-order chi connectivity index (χ0) is 11.1. The number of carbonyl (C=O) groups excluding carboxylic acids is 2. The Kier molecular flexibility index (Phi) is 10.1. The van der Waals surface area contributed by atoms with Gasteiger partial charge in [-0.05, 0) is 11.6 Å². The summed E-state index contributed by atoms with van der Waals surface area (Å²) in [6.07, 6.45) is 1.22. The molecule has 0 aromatic rings. The summed E-state index contributed by atoms with van der Waals surface area (Å²) < 4.78 is 4.78. The third kappa shape index (κ3) is 11.6. The molecule has 5 nitrogen and oxygen atoms in total. The molecule has 1 fully saturated rings. The Balaban J connectivity index is 0. The van der Waals surface area contributed by atoms with Crippen LogP contribution in [0.4, 0.5) is 0 Å². The maximum absolute atomic E-state index is 10.00. The number of aliphatic carboxylic acids is 2. The number of rotatable bonds is 4. The van der Waals surface area contributed by atoms with E-state index >= 15 is 0 Å². The number of carboxylic acids is 2. The van der Waals surface area contributed by atoms with Crippen LogP contribution in [-0.4, -0.2) is 62.4 Å². The van der Waals surface area contributed by atoms with E-state index in [0.717, 1.165) is 6.08 Å². The van der Waals surface area contributed by atoms with E-state index in [0.29, 0.717) is 13.0 Å². The van der Waals surface area contributed by atoms with Gasteiger partial charge >= 0.3 is 37.7 Å². The van der Waals surface area contributed by atoms with Gasteiger partial charge in [0.1, 0.15) is 0 Å². The van der Waals surface area contributed by atoms with Crippen LogP contribution >= 0.6 is 0 Å². The van der Waals surface area contributed by atoms with Crippen molar-refractivity contribution in [2.45, 2.75) is 12.5 Å². The van der Waals surface area contributed by atoms with Crippen molar-refractivity contribution >= 4 is 49.7 Å². The third-order valence-corrected chi connectivity index (χ3v) is 1.33. The van der Waals surface area contributed by atoms with E-state index in [-0.39, 0.29) is 49.4 Å². The Hall–Kier alpha value is -0.360. The van der Waals surface area contributed by atoms with Crippen molar-refractivity contribution in [2.24, 2.45) is 0 Å². The third-order valence-electron chi connectivity index (χ3n) is 1.33. The van der Waals surface area contributed by atoms with Crippen LogP contribution in [0.2, 0.25) is 0 Å². The molecule has 15 heavy (non-hydrogen) atoms. The molecular formula is C9H10CaO5. The van der Waals surface area contributed by atoms with E-state index in [9.17, 15) is 9.90 Å². The topological polar surface area (TPSA) is 92.8 Å². The molecule has 6 heteroatoms. The zero-order valence-electron chi connectivity index (χ0n) is 8.23. The number of carboxylic acid groups (broad SMARTS) is 2. The van der Waals surface area contributed by atoms with Gasteiger partial charge in [0, 0.05) is 6.42 Å². The van der Waals surface area contributed by atoms with Gasteiger partial charge in [-0.1, -0.05) is 13.2 Å². The summed E-state index contributed by atoms with van der Waals surface area (Å²) in [6.45, 7) is 6.85. The molecular weight excluding hydrogens is 228 g/mol. The summed E-state index contributed by atoms with van der Waals surface area (Å²) in [6, 6.07) is 0. The van der Waals surface area contributed by atoms with Crippen molar-refractivity contribution in [2.75, 3.05) is 6.61 Å². The first kappa shape index (κ1) is 17.0. The van der Waals surface area contributed by atoms with Gasteiger partial charge in [-0.15, -0.1) is 0 Å². The largest absolute Gasteiger partial charge is 2.00 e. The molecule has 1 atom stereocenters. The quantitative estimate of drug-likeness (QED) is 0.310. The van der Waals surface area contributed by atoms with Gasteiger partial charge in [0.2, 0.25) is 0 Å². The van der Waals surface area contributed by atoms with Gasteiger partial charge < -0.3 is 24.5 Å². The molecule has 1 saturated heterocycles. The Bertz CT molecular complexity index is 257. The zero-order valence-corrected chi connectivity index (χ0v) is 10.4. The summed E-state index contributed by atoms with van der Waals surface area (Å²) in [5.41, 5.74) is 0.123. The second kappa shape index (κ2) is 8.91. The molecule has 1 heterocycles. The second-order valence-electron chi connectivity index (χ2n) is 2.57. The van der Waals surface area contributed by atoms with E-state index in [4.69, 9.17) is 14.6 Å². The molecule has 0 aromatic heterocycles. The van der Waals surface area contributed by atoms with Gasteiger partial charge in [-0.3, -0.25) is 0 Å². The van der Waals surface area contributed by atoms with Crippen LogP contribution in [-0.2, 0) is 14.3 Å². The van der Waals surface area contributed by atoms with Crippen molar-refractivity contribution in [1.82, 2.24) is 0 Å². The smallest absolute Gasteiger partial charge is 0.545 e. The molecule has 1 rings (SSSR count). The predicted octanol–water partition coefficient (Wildman–Crippen LogP) is -2.38. The monoisotopic (exact) mass is 238 g/mol. The number of epoxide rings is 1. The predicted molar refractivity (Wildman–Crippen MR) is 49.5 cm³/mol. The first-order valence-corrected chi connectivity index (χ1v) is 3.81. The van der Waals surface area contributed by atoms with Gasteiger partial charge in [-0.25, -0.2) is 0 Å². The average molecular weight is 238 g/mol. The van der Waals surface area contributed by atoms with Gasteiger partial charge in [0.25, 0.3) is 0 Å². The standard InChI is InChI=1S/C6H8O3.C3H4O2.Ca/c1-4(6(7)8)2-5-3-9-5;1-2-3(4)5;/h5H,1-3H2,(H,7,8);2H,1H2,(H,4,5);/q;;+2/p-2. The SMILES string of the molecule is C=C(CC1CO1)C(=O)[O-].C=CC(=O)[O-].[Ca+2]. The molecule has 0 radical (unpaired) electrons. The number of carbonyl (C=O) groups is 2. The molecule has 78 valence electrons. The van der Waals surface area contributed by atoms with Crippen LogP contribution in [0.25, 0.3) is 0 Å². The van der Waals surface area contributed by atoms with Crippen LogP contribution in [0.5, 0.6) is 0 Å². The fourth-order valence-corrected chi connectivity index (χ4v) is 0.544. The summed E-state index contributed by atoms with van der Waals surface area (Å²) in [5.74, 6) is -2.41. The van der Waals surface area contributed by atoms with E-state index < -0.39 is 11.9 Å². The molecule has 0 N–H and O–H groups in total. The Morgan fingerprint density at radius 1 is 1.47 bits per heavy atom. The minimum absolute atomic E-state index is 0. The molecule has 0 aromatic carbocycles. The molecule has 1 aliphatic heterocycles. The molecule has 0 bridgehead atoms. The summed E-state index contributed by atoms with van der Waals surface area (Å²) in [7, 11) is 0. The Labute approximate surface area is 117 Å². The Morgan fingerprint density at radius 2 is 1.87 bits per heavy atom. The normalized spacial score (nSPS) is 16.1. The van der Waals surface area contributed by atoms with Crippen LogP contribution in [0.15, 0.2) is 24.8 Å². The molecule has 1 unspecified atom stereocenters. The number of ether oxygens (including phenoxy) is 1. The van der Waals surface area contributed by atoms with Crippen LogP contribution < -0.4 is 10.2 Å². The van der Waals surface area contributed by atoms with Crippen molar-refractivity contribution in [3.05, 3.63) is 24.8 Å². The van der Waals surface area contributed by atoms with Crippen molar-refractivity contribution in [1.29, 1.82) is 0 Å². The number of hydrogen-bond donors (Lipinski definition) is 0. The fraction of sp³-hybridized carbons (Fsp3) is 0.333. The first-order chi connectivity index (χ1) is 6.47. The average Bonchev–Trinajstić information content (AvgIpc) is 2.89. The maximum Gasteiger partial charge on any atom is 2.00 e. The number of hydrogen-bond acceptors (Lipinski definition) is 5. The van der Waals surface area contributed by atoms with Gasteiger partial charge in [0.05, 0.1) is 24.6 Å². The first-order valence-electron chi connectivity index (χ1n) is 3.81. The van der Waals surface area contributed by atoms with Crippen LogP contribution in [0.1, 0.15) is 6.42 Å². The summed E-state index contributed by atoms with van der Waals surface area (Å²) >= 11 is 0. The van der Waals surface area contributed by atoms with Crippen LogP contribution in [0, 0.1) is 0 Å². The van der Waals surface area contributed by atoms with E-state index in [1.165, 1.54) is 0 Å². The van der Waals surface area contributed by atoms with Gasteiger partial charge in [-0.2, -0.15) is 0 Å². The minimum atomic E-state index is -1.23. The fourth-order valence-electron chi connectivity index (χ4n) is 0.544. The minimum Gasteiger partial charge on any atom is -0.545 e. The molecule has 1 aliphatic rings. The van der Waals surface area contributed by atoms with E-state index in [2.05, 4.69) is 13.2 Å². The van der Waals surface area contributed by atoms with Crippen LogP contribution in [0.3, 0.4) is 0 Å². The van der Waals surface area contributed by atoms with Crippen molar-refractivity contribution in [3.8, 4) is 0 Å². The van der Waals surface area contributed by atoms with Gasteiger partial charge in [0.15, 0.2) is 0 Å². The summed E-state index contributed by atoms with van der Waals surface area (Å²) in [5, 5.41) is 19.1. The molecule has 0 saturated carbocycles. The molecule has 0 aliphatic carbocycles.